The molecule has 1 heterocycles. The fourth-order valence-electron chi connectivity index (χ4n) is 2.12. The number of aromatic nitrogens is 1. The minimum Gasteiger partial charge on any atom is -0.353 e. The lowest BCUT2D eigenvalue weighted by molar-refractivity contribution is 0.601. The average Bonchev–Trinajstić information content (AvgIpc) is 3.10. The van der Waals surface area contributed by atoms with Crippen LogP contribution in [0.15, 0.2) is 18.2 Å². The first kappa shape index (κ1) is 12.4. The molecular formula is C14H23N3. The smallest absolute Gasteiger partial charge is 0.129 e. The van der Waals surface area contributed by atoms with Gasteiger partial charge in [-0.1, -0.05) is 19.9 Å². The zero-order valence-corrected chi connectivity index (χ0v) is 11.1. The van der Waals surface area contributed by atoms with E-state index in [0.717, 1.165) is 30.6 Å². The van der Waals surface area contributed by atoms with E-state index < -0.39 is 0 Å². The quantitative estimate of drug-likeness (QED) is 0.818. The highest BCUT2D eigenvalue weighted by Gasteiger charge is 2.30. The van der Waals surface area contributed by atoms with Crippen molar-refractivity contribution in [2.24, 2.45) is 5.92 Å². The van der Waals surface area contributed by atoms with Crippen molar-refractivity contribution in [1.82, 2.24) is 10.3 Å². The third-order valence-electron chi connectivity index (χ3n) is 2.99. The summed E-state index contributed by atoms with van der Waals surface area (Å²) in [5, 5.41) is 3.15. The summed E-state index contributed by atoms with van der Waals surface area (Å²) in [5.41, 5.74) is 1.12. The van der Waals surface area contributed by atoms with E-state index in [4.69, 9.17) is 4.98 Å². The molecule has 1 saturated carbocycles. The molecule has 17 heavy (non-hydrogen) atoms. The topological polar surface area (TPSA) is 28.2 Å². The molecule has 0 atom stereocenters. The van der Waals surface area contributed by atoms with Gasteiger partial charge in [0.2, 0.25) is 0 Å². The van der Waals surface area contributed by atoms with E-state index in [2.05, 4.69) is 42.3 Å². The highest BCUT2D eigenvalue weighted by Crippen LogP contribution is 2.31. The number of rotatable bonds is 6. The van der Waals surface area contributed by atoms with Crippen LogP contribution in [-0.2, 0) is 6.54 Å². The van der Waals surface area contributed by atoms with Crippen molar-refractivity contribution in [1.29, 1.82) is 0 Å². The third kappa shape index (κ3) is 3.43. The largest absolute Gasteiger partial charge is 0.353 e. The number of nitrogens with one attached hydrogen (secondary N) is 1. The van der Waals surface area contributed by atoms with Crippen LogP contribution in [0.2, 0.25) is 0 Å². The van der Waals surface area contributed by atoms with Crippen LogP contribution in [0.5, 0.6) is 0 Å². The summed E-state index contributed by atoms with van der Waals surface area (Å²) in [6, 6.07) is 7.07. The van der Waals surface area contributed by atoms with E-state index in [-0.39, 0.29) is 0 Å². The molecule has 0 amide bonds. The zero-order valence-electron chi connectivity index (χ0n) is 11.1. The Labute approximate surface area is 104 Å². The van der Waals surface area contributed by atoms with Gasteiger partial charge in [0.15, 0.2) is 0 Å². The number of hydrogen-bond donors (Lipinski definition) is 1. The van der Waals surface area contributed by atoms with Gasteiger partial charge < -0.3 is 10.2 Å². The van der Waals surface area contributed by atoms with Crippen LogP contribution >= 0.6 is 0 Å². The van der Waals surface area contributed by atoms with Gasteiger partial charge in [-0.25, -0.2) is 4.98 Å². The van der Waals surface area contributed by atoms with Gasteiger partial charge in [0.25, 0.3) is 0 Å². The summed E-state index contributed by atoms with van der Waals surface area (Å²) in [4.78, 5) is 7.22. The highest BCUT2D eigenvalue weighted by atomic mass is 15.2. The Bertz CT molecular complexity index is 358. The SMILES string of the molecule is CNCc1cccc(N(CC(C)C)C2CC2)n1. The minimum atomic E-state index is 0.686. The molecule has 2 rings (SSSR count). The first-order valence-electron chi connectivity index (χ1n) is 6.58. The lowest BCUT2D eigenvalue weighted by Gasteiger charge is -2.25. The van der Waals surface area contributed by atoms with Crippen molar-refractivity contribution in [3.8, 4) is 0 Å². The Morgan fingerprint density at radius 1 is 1.41 bits per heavy atom. The first-order valence-corrected chi connectivity index (χ1v) is 6.58. The zero-order chi connectivity index (χ0) is 12.3. The van der Waals surface area contributed by atoms with Gasteiger partial charge in [0.05, 0.1) is 5.69 Å². The Morgan fingerprint density at radius 2 is 2.18 bits per heavy atom. The number of hydrogen-bond acceptors (Lipinski definition) is 3. The molecule has 94 valence electrons. The second-order valence-corrected chi connectivity index (χ2v) is 5.29. The van der Waals surface area contributed by atoms with Crippen LogP contribution in [0.1, 0.15) is 32.4 Å². The molecule has 0 aromatic carbocycles. The number of pyridine rings is 1. The fraction of sp³-hybridized carbons (Fsp3) is 0.643. The van der Waals surface area contributed by atoms with Crippen molar-refractivity contribution in [3.63, 3.8) is 0 Å². The molecule has 0 aliphatic heterocycles. The number of nitrogens with zero attached hydrogens (tertiary/aromatic N) is 2. The molecule has 0 unspecified atom stereocenters. The predicted molar refractivity (Wildman–Crippen MR) is 72.2 cm³/mol. The molecule has 1 aromatic heterocycles. The maximum Gasteiger partial charge on any atom is 0.129 e. The van der Waals surface area contributed by atoms with Crippen molar-refractivity contribution in [2.75, 3.05) is 18.5 Å². The molecule has 1 aliphatic carbocycles. The van der Waals surface area contributed by atoms with Crippen LogP contribution in [0.4, 0.5) is 5.82 Å². The minimum absolute atomic E-state index is 0.686. The van der Waals surface area contributed by atoms with Gasteiger partial charge in [-0.05, 0) is 37.9 Å². The summed E-state index contributed by atoms with van der Waals surface area (Å²) in [6.07, 6.45) is 2.65. The van der Waals surface area contributed by atoms with E-state index in [1.807, 2.05) is 7.05 Å². The molecule has 1 aliphatic rings. The highest BCUT2D eigenvalue weighted by molar-refractivity contribution is 5.42. The monoisotopic (exact) mass is 233 g/mol. The Hall–Kier alpha value is -1.09. The van der Waals surface area contributed by atoms with Gasteiger partial charge in [-0.2, -0.15) is 0 Å². The second kappa shape index (κ2) is 5.50. The molecule has 3 nitrogen and oxygen atoms in total. The molecular weight excluding hydrogens is 210 g/mol. The number of anilines is 1. The van der Waals surface area contributed by atoms with Gasteiger partial charge >= 0.3 is 0 Å². The van der Waals surface area contributed by atoms with Crippen molar-refractivity contribution < 1.29 is 0 Å². The van der Waals surface area contributed by atoms with Crippen molar-refractivity contribution in [3.05, 3.63) is 23.9 Å². The molecule has 0 bridgehead atoms. The molecule has 0 spiro atoms. The molecule has 1 N–H and O–H groups in total. The van der Waals surface area contributed by atoms with E-state index in [1.54, 1.807) is 0 Å². The van der Waals surface area contributed by atoms with Crippen LogP contribution < -0.4 is 10.2 Å². The summed E-state index contributed by atoms with van der Waals surface area (Å²) in [6.45, 7) is 6.49. The van der Waals surface area contributed by atoms with Crippen LogP contribution in [0, 0.1) is 5.92 Å². The van der Waals surface area contributed by atoms with Crippen molar-refractivity contribution in [2.45, 2.75) is 39.3 Å². The molecule has 1 fully saturated rings. The molecule has 0 radical (unpaired) electrons. The Kier molecular flexibility index (Phi) is 4.00. The molecule has 3 heteroatoms. The van der Waals surface area contributed by atoms with Gasteiger partial charge in [-0.15, -0.1) is 0 Å². The normalized spacial score (nSPS) is 15.3. The maximum atomic E-state index is 4.74. The van der Waals surface area contributed by atoms with E-state index in [0.29, 0.717) is 5.92 Å². The lowest BCUT2D eigenvalue weighted by Crippen LogP contribution is -2.30. The van der Waals surface area contributed by atoms with Gasteiger partial charge in [0.1, 0.15) is 5.82 Å². The second-order valence-electron chi connectivity index (χ2n) is 5.29. The van der Waals surface area contributed by atoms with Crippen LogP contribution in [0.3, 0.4) is 0 Å². The summed E-state index contributed by atoms with van der Waals surface area (Å²) in [7, 11) is 1.96. The Balaban J connectivity index is 2.13. The van der Waals surface area contributed by atoms with E-state index in [9.17, 15) is 0 Å². The molecule has 1 aromatic rings. The fourth-order valence-corrected chi connectivity index (χ4v) is 2.12. The van der Waals surface area contributed by atoms with Gasteiger partial charge in [-0.3, -0.25) is 0 Å². The van der Waals surface area contributed by atoms with Crippen LogP contribution in [-0.4, -0.2) is 24.6 Å². The first-order chi connectivity index (χ1) is 8.20. The summed E-state index contributed by atoms with van der Waals surface area (Å²) >= 11 is 0. The molecule has 0 saturated heterocycles. The van der Waals surface area contributed by atoms with Gasteiger partial charge in [0, 0.05) is 19.1 Å². The standard InChI is InChI=1S/C14H23N3/c1-11(2)10-17(13-7-8-13)14-6-4-5-12(16-14)9-15-3/h4-6,11,13,15H,7-10H2,1-3H3. The summed E-state index contributed by atoms with van der Waals surface area (Å²) < 4.78 is 0. The average molecular weight is 233 g/mol. The lowest BCUT2D eigenvalue weighted by atomic mass is 10.2. The van der Waals surface area contributed by atoms with E-state index >= 15 is 0 Å². The Morgan fingerprint density at radius 3 is 2.76 bits per heavy atom. The van der Waals surface area contributed by atoms with Crippen LogP contribution in [0.25, 0.3) is 0 Å². The van der Waals surface area contributed by atoms with Crippen molar-refractivity contribution >= 4 is 5.82 Å². The van der Waals surface area contributed by atoms with E-state index in [1.165, 1.54) is 12.8 Å². The summed E-state index contributed by atoms with van der Waals surface area (Å²) in [5.74, 6) is 1.83. The predicted octanol–water partition coefficient (Wildman–Crippen LogP) is 2.43. The third-order valence-corrected chi connectivity index (χ3v) is 2.99. The maximum absolute atomic E-state index is 4.74.